The molecule has 2 N–H and O–H groups in total. The van der Waals surface area contributed by atoms with Crippen LogP contribution in [0.1, 0.15) is 31.1 Å². The average Bonchev–Trinajstić information content (AvgIpc) is 2.25. The van der Waals surface area contributed by atoms with Gasteiger partial charge in [0, 0.05) is 16.0 Å². The van der Waals surface area contributed by atoms with Gasteiger partial charge in [-0.2, -0.15) is 0 Å². The number of halogens is 2. The number of hydrogen-bond acceptors (Lipinski definition) is 2. The van der Waals surface area contributed by atoms with Crippen molar-refractivity contribution in [1.82, 2.24) is 5.32 Å². The van der Waals surface area contributed by atoms with Crippen molar-refractivity contribution in [1.29, 1.82) is 0 Å². The fraction of sp³-hybridized carbons (Fsp3) is 0.462. The van der Waals surface area contributed by atoms with Crippen LogP contribution in [0.3, 0.4) is 0 Å². The molecule has 0 unspecified atom stereocenters. The zero-order valence-corrected chi connectivity index (χ0v) is 13.0. The molecular weight excluding hydrogens is 318 g/mol. The Morgan fingerprint density at radius 3 is 2.67 bits per heavy atom. The minimum Gasteiger partial charge on any atom is -0.388 e. The molecule has 18 heavy (non-hydrogen) atoms. The highest BCUT2D eigenvalue weighted by Gasteiger charge is 2.25. The molecule has 0 fully saturated rings. The van der Waals surface area contributed by atoms with E-state index in [1.165, 1.54) is 0 Å². The molecule has 0 heterocycles. The number of benzene rings is 1. The topological polar surface area (TPSA) is 49.3 Å². The van der Waals surface area contributed by atoms with E-state index in [4.69, 9.17) is 11.6 Å². The molecule has 0 radical (unpaired) electrons. The highest BCUT2D eigenvalue weighted by atomic mass is 79.9. The first-order valence-electron chi connectivity index (χ1n) is 5.69. The fourth-order valence-electron chi connectivity index (χ4n) is 1.23. The predicted octanol–water partition coefficient (Wildman–Crippen LogP) is 3.24. The lowest BCUT2D eigenvalue weighted by molar-refractivity contribution is 0.0142. The van der Waals surface area contributed by atoms with Crippen molar-refractivity contribution < 1.29 is 9.90 Å². The summed E-state index contributed by atoms with van der Waals surface area (Å²) in [4.78, 5) is 12.0. The van der Waals surface area contributed by atoms with Crippen LogP contribution in [0.15, 0.2) is 22.7 Å². The minimum absolute atomic E-state index is 0.0615. The van der Waals surface area contributed by atoms with E-state index in [9.17, 15) is 9.90 Å². The van der Waals surface area contributed by atoms with Gasteiger partial charge in [-0.05, 0) is 47.0 Å². The number of carbonyl (C=O) groups excluding carboxylic acids is 1. The third-order valence-electron chi connectivity index (χ3n) is 3.03. The molecule has 0 bridgehead atoms. The molecule has 0 spiro atoms. The monoisotopic (exact) mass is 333 g/mol. The van der Waals surface area contributed by atoms with Gasteiger partial charge in [0.15, 0.2) is 0 Å². The molecule has 1 rings (SSSR count). The average molecular weight is 335 g/mol. The summed E-state index contributed by atoms with van der Waals surface area (Å²) < 4.78 is 0.636. The molecule has 1 aromatic carbocycles. The van der Waals surface area contributed by atoms with E-state index in [2.05, 4.69) is 21.2 Å². The summed E-state index contributed by atoms with van der Waals surface area (Å²) in [6.07, 6.45) is 0. The van der Waals surface area contributed by atoms with Crippen LogP contribution >= 0.6 is 27.5 Å². The molecule has 1 aromatic rings. The molecule has 0 aliphatic rings. The zero-order valence-electron chi connectivity index (χ0n) is 10.6. The summed E-state index contributed by atoms with van der Waals surface area (Å²) in [5.41, 5.74) is -0.423. The van der Waals surface area contributed by atoms with Gasteiger partial charge in [-0.25, -0.2) is 0 Å². The minimum atomic E-state index is -0.922. The van der Waals surface area contributed by atoms with E-state index < -0.39 is 5.60 Å². The molecule has 0 saturated carbocycles. The summed E-state index contributed by atoms with van der Waals surface area (Å²) in [7, 11) is 0. The van der Waals surface area contributed by atoms with Crippen molar-refractivity contribution in [2.75, 3.05) is 6.54 Å². The van der Waals surface area contributed by atoms with Gasteiger partial charge >= 0.3 is 0 Å². The Bertz CT molecular complexity index is 447. The first kappa shape index (κ1) is 15.5. The van der Waals surface area contributed by atoms with Gasteiger partial charge in [0.2, 0.25) is 0 Å². The second-order valence-corrected chi connectivity index (χ2v) is 6.11. The van der Waals surface area contributed by atoms with Gasteiger partial charge in [-0.1, -0.05) is 25.4 Å². The Kier molecular flexibility index (Phi) is 5.20. The van der Waals surface area contributed by atoms with Crippen LogP contribution in [0, 0.1) is 5.92 Å². The van der Waals surface area contributed by atoms with E-state index in [-0.39, 0.29) is 18.4 Å². The van der Waals surface area contributed by atoms with Gasteiger partial charge < -0.3 is 10.4 Å². The lowest BCUT2D eigenvalue weighted by atomic mass is 9.92. The fourth-order valence-corrected chi connectivity index (χ4v) is 2.09. The second kappa shape index (κ2) is 6.04. The van der Waals surface area contributed by atoms with Crippen molar-refractivity contribution in [2.45, 2.75) is 26.4 Å². The first-order valence-corrected chi connectivity index (χ1v) is 6.87. The van der Waals surface area contributed by atoms with Crippen LogP contribution in [-0.2, 0) is 0 Å². The number of rotatable bonds is 4. The van der Waals surface area contributed by atoms with Crippen molar-refractivity contribution in [3.05, 3.63) is 33.3 Å². The van der Waals surface area contributed by atoms with Gasteiger partial charge in [-0.15, -0.1) is 0 Å². The van der Waals surface area contributed by atoms with E-state index >= 15 is 0 Å². The normalized spacial score (nSPS) is 14.4. The molecule has 3 nitrogen and oxygen atoms in total. The maximum absolute atomic E-state index is 12.0. The maximum atomic E-state index is 12.0. The smallest absolute Gasteiger partial charge is 0.252 e. The number of hydrogen-bond donors (Lipinski definition) is 2. The molecule has 100 valence electrons. The lowest BCUT2D eigenvalue weighted by Gasteiger charge is -2.27. The summed E-state index contributed by atoms with van der Waals surface area (Å²) in [6, 6.07) is 4.96. The van der Waals surface area contributed by atoms with Gasteiger partial charge in [-0.3, -0.25) is 4.79 Å². The van der Waals surface area contributed by atoms with Gasteiger partial charge in [0.05, 0.1) is 11.2 Å². The Morgan fingerprint density at radius 2 is 2.17 bits per heavy atom. The van der Waals surface area contributed by atoms with Crippen LogP contribution in [0.5, 0.6) is 0 Å². The van der Waals surface area contributed by atoms with E-state index in [0.29, 0.717) is 15.1 Å². The first-order chi connectivity index (χ1) is 8.24. The summed E-state index contributed by atoms with van der Waals surface area (Å²) >= 11 is 9.10. The number of aliphatic hydroxyl groups is 1. The quantitative estimate of drug-likeness (QED) is 0.888. The van der Waals surface area contributed by atoms with E-state index in [0.717, 1.165) is 0 Å². The van der Waals surface area contributed by atoms with E-state index in [1.807, 2.05) is 13.8 Å². The third-order valence-corrected chi connectivity index (χ3v) is 3.92. The molecular formula is C13H17BrClNO2. The van der Waals surface area contributed by atoms with Crippen LogP contribution in [0.25, 0.3) is 0 Å². The molecule has 0 aliphatic carbocycles. The Labute approximate surface area is 121 Å². The summed E-state index contributed by atoms with van der Waals surface area (Å²) in [5, 5.41) is 13.3. The second-order valence-electron chi connectivity index (χ2n) is 4.82. The third kappa shape index (κ3) is 3.97. The zero-order chi connectivity index (χ0) is 13.9. The number of carbonyl (C=O) groups is 1. The SMILES string of the molecule is CC(C)[C@@](C)(O)CNC(=O)c1ccc(Cl)cc1Br. The molecule has 0 aromatic heterocycles. The van der Waals surface area contributed by atoms with Crippen LogP contribution in [-0.4, -0.2) is 23.2 Å². The van der Waals surface area contributed by atoms with Gasteiger partial charge in [0.1, 0.15) is 0 Å². The standard InChI is InChI=1S/C13H17BrClNO2/c1-8(2)13(3,18)7-16-12(17)10-5-4-9(15)6-11(10)14/h4-6,8,18H,7H2,1-3H3,(H,16,17)/t13-/m0/s1. The highest BCUT2D eigenvalue weighted by molar-refractivity contribution is 9.10. The molecule has 0 saturated heterocycles. The Morgan fingerprint density at radius 1 is 1.56 bits per heavy atom. The van der Waals surface area contributed by atoms with Crippen molar-refractivity contribution >= 4 is 33.4 Å². The predicted molar refractivity (Wildman–Crippen MR) is 76.9 cm³/mol. The summed E-state index contributed by atoms with van der Waals surface area (Å²) in [6.45, 7) is 5.72. The number of amides is 1. The highest BCUT2D eigenvalue weighted by Crippen LogP contribution is 2.22. The van der Waals surface area contributed by atoms with Crippen LogP contribution in [0.4, 0.5) is 0 Å². The van der Waals surface area contributed by atoms with Crippen LogP contribution < -0.4 is 5.32 Å². The Hall–Kier alpha value is -0.580. The molecule has 0 aliphatic heterocycles. The number of nitrogens with one attached hydrogen (secondary N) is 1. The Balaban J connectivity index is 2.72. The molecule has 1 atom stereocenters. The lowest BCUT2D eigenvalue weighted by Crippen LogP contribution is -2.44. The summed E-state index contributed by atoms with van der Waals surface area (Å²) in [5.74, 6) is -0.175. The maximum Gasteiger partial charge on any atom is 0.252 e. The van der Waals surface area contributed by atoms with Crippen LogP contribution in [0.2, 0.25) is 5.02 Å². The molecule has 1 amide bonds. The largest absolute Gasteiger partial charge is 0.388 e. The van der Waals surface area contributed by atoms with E-state index in [1.54, 1.807) is 25.1 Å². The van der Waals surface area contributed by atoms with Crippen molar-refractivity contribution in [2.24, 2.45) is 5.92 Å². The van der Waals surface area contributed by atoms with Crippen molar-refractivity contribution in [3.63, 3.8) is 0 Å². The van der Waals surface area contributed by atoms with Crippen molar-refractivity contribution in [3.8, 4) is 0 Å². The van der Waals surface area contributed by atoms with Gasteiger partial charge in [0.25, 0.3) is 5.91 Å². The molecule has 5 heteroatoms.